The van der Waals surface area contributed by atoms with Gasteiger partial charge in [0.1, 0.15) is 22.3 Å². The maximum Gasteiger partial charge on any atom is 0.287 e. The second-order valence-electron chi connectivity index (χ2n) is 8.95. The Morgan fingerprint density at radius 2 is 2.03 bits per heavy atom. The summed E-state index contributed by atoms with van der Waals surface area (Å²) in [6, 6.07) is 13.2. The molecule has 0 saturated heterocycles. The predicted octanol–water partition coefficient (Wildman–Crippen LogP) is 4.16. The highest BCUT2D eigenvalue weighted by atomic mass is 19.1. The zero-order valence-electron chi connectivity index (χ0n) is 19.2. The molecule has 2 amide bonds. The number of hydrogen-bond donors (Lipinski definition) is 2. The summed E-state index contributed by atoms with van der Waals surface area (Å²) in [6.07, 6.45) is 6.55. The normalized spacial score (nSPS) is 15.9. The Kier molecular flexibility index (Phi) is 5.52. The van der Waals surface area contributed by atoms with Gasteiger partial charge in [-0.2, -0.15) is 5.26 Å². The van der Waals surface area contributed by atoms with Crippen molar-refractivity contribution in [1.29, 1.82) is 5.26 Å². The second kappa shape index (κ2) is 8.55. The molecule has 9 heteroatoms. The van der Waals surface area contributed by atoms with E-state index in [-0.39, 0.29) is 18.6 Å². The number of carbonyl (C=O) groups excluding carboxylic acids is 2. The third-order valence-corrected chi connectivity index (χ3v) is 6.70. The molecule has 3 aromatic heterocycles. The van der Waals surface area contributed by atoms with Gasteiger partial charge >= 0.3 is 0 Å². The number of fused-ring (bicyclic) bond motifs is 2. The molecule has 1 aliphatic carbocycles. The molecule has 178 valence electrons. The van der Waals surface area contributed by atoms with Crippen molar-refractivity contribution in [2.24, 2.45) is 0 Å². The van der Waals surface area contributed by atoms with Crippen LogP contribution in [-0.2, 0) is 4.79 Å². The maximum atomic E-state index is 13.4. The summed E-state index contributed by atoms with van der Waals surface area (Å²) in [5.74, 6) is -1.15. The molecule has 1 aliphatic rings. The number of imidazole rings is 1. The Hall–Kier alpha value is -4.19. The summed E-state index contributed by atoms with van der Waals surface area (Å²) >= 11 is 0. The first-order valence-electron chi connectivity index (χ1n) is 11.5. The average Bonchev–Trinajstić information content (AvgIpc) is 3.28. The molecular formula is C26H24FN5O3. The van der Waals surface area contributed by atoms with Gasteiger partial charge in [-0.05, 0) is 54.7 Å². The van der Waals surface area contributed by atoms with Crippen LogP contribution in [0.3, 0.4) is 0 Å². The van der Waals surface area contributed by atoms with Crippen molar-refractivity contribution in [3.05, 3.63) is 60.7 Å². The van der Waals surface area contributed by atoms with E-state index in [1.165, 1.54) is 0 Å². The first-order chi connectivity index (χ1) is 16.9. The standard InChI is InChI=1S/C26H24FN5O3/c1-2-26(8-9-27,24(34)31-25(16-28)6-7-25)30-23(33)21-14-19-4-3-17(13-20(19)35-21)18-5-11-32-12-10-29-22(32)15-18/h3-5,10-15H,2,6-9H2,1H3,(H,30,33)(H,31,34). The number of nitrogens with zero attached hydrogens (tertiary/aromatic N) is 3. The van der Waals surface area contributed by atoms with E-state index in [9.17, 15) is 19.2 Å². The Labute approximate surface area is 200 Å². The third-order valence-electron chi connectivity index (χ3n) is 6.70. The lowest BCUT2D eigenvalue weighted by atomic mass is 9.90. The summed E-state index contributed by atoms with van der Waals surface area (Å²) in [6.45, 7) is 0.897. The minimum Gasteiger partial charge on any atom is -0.451 e. The highest BCUT2D eigenvalue weighted by molar-refractivity contribution is 6.00. The highest BCUT2D eigenvalue weighted by Gasteiger charge is 2.49. The number of nitriles is 1. The number of carbonyl (C=O) groups is 2. The van der Waals surface area contributed by atoms with Crippen LogP contribution in [0.4, 0.5) is 4.39 Å². The molecule has 1 unspecified atom stereocenters. The first-order valence-corrected chi connectivity index (χ1v) is 11.5. The van der Waals surface area contributed by atoms with Gasteiger partial charge in [0.2, 0.25) is 5.91 Å². The highest BCUT2D eigenvalue weighted by Crippen LogP contribution is 2.35. The van der Waals surface area contributed by atoms with Crippen LogP contribution in [0.15, 0.2) is 59.4 Å². The Balaban J connectivity index is 1.41. The minimum absolute atomic E-state index is 0.0201. The number of alkyl halides is 1. The molecule has 8 nitrogen and oxygen atoms in total. The molecule has 5 rings (SSSR count). The van der Waals surface area contributed by atoms with Crippen LogP contribution in [0.2, 0.25) is 0 Å². The molecule has 1 saturated carbocycles. The van der Waals surface area contributed by atoms with Gasteiger partial charge in [0.25, 0.3) is 5.91 Å². The van der Waals surface area contributed by atoms with Crippen LogP contribution in [0.25, 0.3) is 27.7 Å². The molecule has 0 bridgehead atoms. The average molecular weight is 474 g/mol. The fraction of sp³-hybridized carbons (Fsp3) is 0.308. The van der Waals surface area contributed by atoms with Crippen molar-refractivity contribution in [2.45, 2.75) is 43.7 Å². The molecule has 3 heterocycles. The number of hydrogen-bond acceptors (Lipinski definition) is 5. The minimum atomic E-state index is -1.48. The lowest BCUT2D eigenvalue weighted by Crippen LogP contribution is -2.60. The zero-order chi connectivity index (χ0) is 24.6. The van der Waals surface area contributed by atoms with Crippen LogP contribution in [0, 0.1) is 11.3 Å². The van der Waals surface area contributed by atoms with Crippen molar-refractivity contribution in [3.63, 3.8) is 0 Å². The summed E-state index contributed by atoms with van der Waals surface area (Å²) in [5, 5.41) is 15.4. The summed E-state index contributed by atoms with van der Waals surface area (Å²) < 4.78 is 21.2. The van der Waals surface area contributed by atoms with E-state index in [4.69, 9.17) is 4.42 Å². The van der Waals surface area contributed by atoms with Crippen molar-refractivity contribution in [1.82, 2.24) is 20.0 Å². The van der Waals surface area contributed by atoms with Crippen molar-refractivity contribution in [2.75, 3.05) is 6.67 Å². The van der Waals surface area contributed by atoms with E-state index in [1.54, 1.807) is 19.2 Å². The summed E-state index contributed by atoms with van der Waals surface area (Å²) in [5.41, 5.74) is 0.762. The number of benzene rings is 1. The molecular weight excluding hydrogens is 449 g/mol. The fourth-order valence-electron chi connectivity index (χ4n) is 4.24. The quantitative estimate of drug-likeness (QED) is 0.399. The van der Waals surface area contributed by atoms with Gasteiger partial charge in [0, 0.05) is 30.4 Å². The Morgan fingerprint density at radius 1 is 1.23 bits per heavy atom. The van der Waals surface area contributed by atoms with E-state index < -0.39 is 29.6 Å². The Bertz CT molecular complexity index is 1480. The number of halogens is 1. The van der Waals surface area contributed by atoms with Gasteiger partial charge in [0.15, 0.2) is 5.76 Å². The molecule has 0 radical (unpaired) electrons. The van der Waals surface area contributed by atoms with Crippen LogP contribution in [0.1, 0.15) is 43.2 Å². The number of furan rings is 1. The fourth-order valence-corrected chi connectivity index (χ4v) is 4.24. The van der Waals surface area contributed by atoms with E-state index >= 15 is 0 Å². The van der Waals surface area contributed by atoms with Gasteiger partial charge in [0.05, 0.1) is 12.7 Å². The summed E-state index contributed by atoms with van der Waals surface area (Å²) in [4.78, 5) is 30.4. The lowest BCUT2D eigenvalue weighted by molar-refractivity contribution is -0.128. The largest absolute Gasteiger partial charge is 0.451 e. The van der Waals surface area contributed by atoms with E-state index in [0.717, 1.165) is 22.2 Å². The van der Waals surface area contributed by atoms with Crippen LogP contribution >= 0.6 is 0 Å². The molecule has 2 N–H and O–H groups in total. The number of pyridine rings is 1. The molecule has 1 aromatic carbocycles. The molecule has 1 fully saturated rings. The SMILES string of the molecule is CCC(CCF)(NC(=O)c1cc2ccc(-c3ccn4ccnc4c3)cc2o1)C(=O)NC1(C#N)CC1. The van der Waals surface area contributed by atoms with Crippen molar-refractivity contribution < 1.29 is 18.4 Å². The van der Waals surface area contributed by atoms with E-state index in [1.807, 2.05) is 47.1 Å². The predicted molar refractivity (Wildman–Crippen MR) is 127 cm³/mol. The number of rotatable bonds is 8. The molecule has 0 aliphatic heterocycles. The maximum absolute atomic E-state index is 13.4. The Morgan fingerprint density at radius 3 is 2.74 bits per heavy atom. The smallest absolute Gasteiger partial charge is 0.287 e. The third kappa shape index (κ3) is 4.12. The molecule has 1 atom stereocenters. The monoisotopic (exact) mass is 473 g/mol. The second-order valence-corrected chi connectivity index (χ2v) is 8.95. The van der Waals surface area contributed by atoms with Gasteiger partial charge in [-0.1, -0.05) is 19.1 Å². The summed E-state index contributed by atoms with van der Waals surface area (Å²) in [7, 11) is 0. The zero-order valence-corrected chi connectivity index (χ0v) is 19.2. The lowest BCUT2D eigenvalue weighted by Gasteiger charge is -2.32. The number of nitrogens with one attached hydrogen (secondary N) is 2. The molecule has 4 aromatic rings. The van der Waals surface area contributed by atoms with Gasteiger partial charge in [-0.25, -0.2) is 4.98 Å². The topological polar surface area (TPSA) is 112 Å². The van der Waals surface area contributed by atoms with E-state index in [0.29, 0.717) is 18.4 Å². The van der Waals surface area contributed by atoms with Crippen LogP contribution in [0.5, 0.6) is 0 Å². The van der Waals surface area contributed by atoms with E-state index in [2.05, 4.69) is 21.7 Å². The van der Waals surface area contributed by atoms with Gasteiger partial charge in [-0.15, -0.1) is 0 Å². The number of aromatic nitrogens is 2. The van der Waals surface area contributed by atoms with Crippen molar-refractivity contribution >= 4 is 28.4 Å². The number of amides is 2. The van der Waals surface area contributed by atoms with Crippen LogP contribution < -0.4 is 10.6 Å². The van der Waals surface area contributed by atoms with Crippen molar-refractivity contribution in [3.8, 4) is 17.2 Å². The first kappa shape index (κ1) is 22.6. The molecule has 0 spiro atoms. The van der Waals surface area contributed by atoms with Crippen LogP contribution in [-0.4, -0.2) is 39.0 Å². The molecule has 35 heavy (non-hydrogen) atoms. The van der Waals surface area contributed by atoms with Gasteiger partial charge in [-0.3, -0.25) is 14.0 Å². The van der Waals surface area contributed by atoms with Gasteiger partial charge < -0.3 is 19.5 Å².